The molecule has 3 nitrogen and oxygen atoms in total. The molecule has 0 saturated heterocycles. The molecule has 0 aliphatic rings. The highest BCUT2D eigenvalue weighted by Gasteiger charge is 2.20. The van der Waals surface area contributed by atoms with E-state index in [1.54, 1.807) is 14.2 Å². The highest BCUT2D eigenvalue weighted by molar-refractivity contribution is 7.80. The molecule has 2 unspecified atom stereocenters. The van der Waals surface area contributed by atoms with E-state index in [1.807, 2.05) is 0 Å². The second kappa shape index (κ2) is 10.2. The smallest absolute Gasteiger partial charge is 0.0615 e. The van der Waals surface area contributed by atoms with Crippen LogP contribution in [0.2, 0.25) is 0 Å². The quantitative estimate of drug-likeness (QED) is 0.611. The van der Waals surface area contributed by atoms with Crippen molar-refractivity contribution in [3.8, 4) is 0 Å². The molecule has 0 aromatic rings. The number of thiol groups is 1. The van der Waals surface area contributed by atoms with Crippen LogP contribution in [0.1, 0.15) is 20.8 Å². The average molecular weight is 263 g/mol. The van der Waals surface area contributed by atoms with Crippen LogP contribution in [0.15, 0.2) is 0 Å². The Balaban J connectivity index is 4.34. The Bertz CT molecular complexity index is 179. The fraction of sp³-hybridized carbons (Fsp3) is 1.00. The largest absolute Gasteiger partial charge is 0.383 e. The maximum atomic E-state index is 5.24. The number of rotatable bonds is 10. The molecule has 0 N–H and O–H groups in total. The van der Waals surface area contributed by atoms with Crippen molar-refractivity contribution in [2.24, 2.45) is 11.8 Å². The van der Waals surface area contributed by atoms with Gasteiger partial charge in [-0.3, -0.25) is 4.90 Å². The summed E-state index contributed by atoms with van der Waals surface area (Å²) in [5.74, 6) is 2.21. The molecule has 0 saturated carbocycles. The van der Waals surface area contributed by atoms with Crippen molar-refractivity contribution in [1.82, 2.24) is 4.90 Å². The van der Waals surface area contributed by atoms with Gasteiger partial charge in [-0.25, -0.2) is 0 Å². The molecule has 2 atom stereocenters. The zero-order valence-electron chi connectivity index (χ0n) is 12.0. The zero-order valence-corrected chi connectivity index (χ0v) is 12.9. The van der Waals surface area contributed by atoms with Crippen LogP contribution in [-0.2, 0) is 9.47 Å². The van der Waals surface area contributed by atoms with Crippen molar-refractivity contribution in [2.75, 3.05) is 46.3 Å². The molecule has 0 fully saturated rings. The molecule has 0 amide bonds. The predicted molar refractivity (Wildman–Crippen MR) is 77.0 cm³/mol. The Labute approximate surface area is 112 Å². The molecule has 0 radical (unpaired) electrons. The van der Waals surface area contributed by atoms with Crippen molar-refractivity contribution < 1.29 is 9.47 Å². The molecule has 0 aliphatic heterocycles. The van der Waals surface area contributed by atoms with Gasteiger partial charge in [-0.2, -0.15) is 12.6 Å². The molecule has 0 aromatic carbocycles. The van der Waals surface area contributed by atoms with Crippen LogP contribution in [0.4, 0.5) is 0 Å². The lowest BCUT2D eigenvalue weighted by molar-refractivity contribution is 0.0624. The molecule has 0 spiro atoms. The first-order chi connectivity index (χ1) is 8.06. The van der Waals surface area contributed by atoms with Gasteiger partial charge in [0.15, 0.2) is 0 Å². The van der Waals surface area contributed by atoms with Gasteiger partial charge in [-0.05, 0) is 24.5 Å². The third kappa shape index (κ3) is 7.29. The van der Waals surface area contributed by atoms with Crippen LogP contribution in [0, 0.1) is 11.8 Å². The van der Waals surface area contributed by atoms with Crippen molar-refractivity contribution in [1.29, 1.82) is 0 Å². The van der Waals surface area contributed by atoms with Crippen LogP contribution < -0.4 is 0 Å². The van der Waals surface area contributed by atoms with Gasteiger partial charge in [-0.1, -0.05) is 13.8 Å². The van der Waals surface area contributed by atoms with E-state index in [2.05, 4.69) is 38.3 Å². The summed E-state index contributed by atoms with van der Waals surface area (Å²) in [6, 6.07) is 0.427. The van der Waals surface area contributed by atoms with Gasteiger partial charge in [-0.15, -0.1) is 0 Å². The third-order valence-corrected chi connectivity index (χ3v) is 3.73. The van der Waals surface area contributed by atoms with E-state index in [4.69, 9.17) is 9.47 Å². The van der Waals surface area contributed by atoms with Crippen LogP contribution >= 0.6 is 12.6 Å². The number of ether oxygens (including phenoxy) is 2. The maximum Gasteiger partial charge on any atom is 0.0615 e. The molecule has 0 aliphatic carbocycles. The lowest BCUT2D eigenvalue weighted by atomic mass is 9.96. The normalized spacial score (nSPS) is 15.5. The molecule has 4 heteroatoms. The fourth-order valence-electron chi connectivity index (χ4n) is 1.83. The highest BCUT2D eigenvalue weighted by Crippen LogP contribution is 2.16. The van der Waals surface area contributed by atoms with E-state index in [-0.39, 0.29) is 0 Å². The monoisotopic (exact) mass is 263 g/mol. The molecular formula is C13H29NO2S. The molecular weight excluding hydrogens is 234 g/mol. The minimum absolute atomic E-state index is 0.427. The second-order valence-corrected chi connectivity index (χ2v) is 5.34. The molecule has 0 rings (SSSR count). The number of nitrogens with zero attached hydrogens (tertiary/aromatic N) is 1. The summed E-state index contributed by atoms with van der Waals surface area (Å²) < 4.78 is 10.4. The predicted octanol–water partition coefficient (Wildman–Crippen LogP) is 2.17. The molecule has 0 aromatic heterocycles. The first kappa shape index (κ1) is 17.2. The Morgan fingerprint density at radius 1 is 1.12 bits per heavy atom. The lowest BCUT2D eigenvalue weighted by Gasteiger charge is -2.33. The summed E-state index contributed by atoms with van der Waals surface area (Å²) in [4.78, 5) is 2.44. The van der Waals surface area contributed by atoms with E-state index in [0.29, 0.717) is 17.9 Å². The highest BCUT2D eigenvalue weighted by atomic mass is 32.1. The Morgan fingerprint density at radius 3 is 2.18 bits per heavy atom. The minimum Gasteiger partial charge on any atom is -0.383 e. The molecule has 17 heavy (non-hydrogen) atoms. The summed E-state index contributed by atoms with van der Waals surface area (Å²) in [7, 11) is 3.50. The molecule has 0 bridgehead atoms. The standard InChI is InChI=1S/C13H29NO2S/c1-11(2)13(10-17)8-14(6-7-15-4)12(3)9-16-5/h11-13,17H,6-10H2,1-5H3. The van der Waals surface area contributed by atoms with E-state index in [1.165, 1.54) is 0 Å². The Morgan fingerprint density at radius 2 is 1.76 bits per heavy atom. The third-order valence-electron chi connectivity index (χ3n) is 3.26. The SMILES string of the molecule is COCCN(CC(CS)C(C)C)C(C)COC. The topological polar surface area (TPSA) is 21.7 Å². The van der Waals surface area contributed by atoms with Crippen molar-refractivity contribution in [2.45, 2.75) is 26.8 Å². The van der Waals surface area contributed by atoms with Crippen LogP contribution in [0.3, 0.4) is 0 Å². The van der Waals surface area contributed by atoms with Crippen molar-refractivity contribution in [3.63, 3.8) is 0 Å². The first-order valence-corrected chi connectivity index (χ1v) is 7.02. The maximum absolute atomic E-state index is 5.24. The van der Waals surface area contributed by atoms with E-state index in [0.717, 1.165) is 32.1 Å². The number of hydrogen-bond donors (Lipinski definition) is 1. The zero-order chi connectivity index (χ0) is 13.3. The summed E-state index contributed by atoms with van der Waals surface area (Å²) >= 11 is 4.45. The van der Waals surface area contributed by atoms with Gasteiger partial charge in [0.1, 0.15) is 0 Å². The van der Waals surface area contributed by atoms with E-state index >= 15 is 0 Å². The van der Waals surface area contributed by atoms with E-state index < -0.39 is 0 Å². The van der Waals surface area contributed by atoms with Crippen molar-refractivity contribution >= 4 is 12.6 Å². The summed E-state index contributed by atoms with van der Waals surface area (Å²) in [5, 5.41) is 0. The van der Waals surface area contributed by atoms with Crippen LogP contribution in [0.25, 0.3) is 0 Å². The van der Waals surface area contributed by atoms with Gasteiger partial charge in [0.2, 0.25) is 0 Å². The first-order valence-electron chi connectivity index (χ1n) is 6.39. The average Bonchev–Trinajstić information content (AvgIpc) is 2.29. The van der Waals surface area contributed by atoms with E-state index in [9.17, 15) is 0 Å². The number of hydrogen-bond acceptors (Lipinski definition) is 4. The van der Waals surface area contributed by atoms with Gasteiger partial charge in [0.25, 0.3) is 0 Å². The number of methoxy groups -OCH3 is 2. The van der Waals surface area contributed by atoms with Gasteiger partial charge in [0, 0.05) is 33.4 Å². The fourth-order valence-corrected chi connectivity index (χ4v) is 2.36. The van der Waals surface area contributed by atoms with Gasteiger partial charge >= 0.3 is 0 Å². The minimum atomic E-state index is 0.427. The van der Waals surface area contributed by atoms with Crippen LogP contribution in [0.5, 0.6) is 0 Å². The summed E-state index contributed by atoms with van der Waals surface area (Å²) in [6.45, 7) is 10.3. The lowest BCUT2D eigenvalue weighted by Crippen LogP contribution is -2.42. The molecule has 104 valence electrons. The van der Waals surface area contributed by atoms with Crippen LogP contribution in [-0.4, -0.2) is 57.2 Å². The Kier molecular flexibility index (Phi) is 10.3. The second-order valence-electron chi connectivity index (χ2n) is 4.98. The molecule has 0 heterocycles. The Hall–Kier alpha value is 0.230. The summed E-state index contributed by atoms with van der Waals surface area (Å²) in [6.07, 6.45) is 0. The van der Waals surface area contributed by atoms with Gasteiger partial charge in [0.05, 0.1) is 13.2 Å². The van der Waals surface area contributed by atoms with Gasteiger partial charge < -0.3 is 9.47 Å². The summed E-state index contributed by atoms with van der Waals surface area (Å²) in [5.41, 5.74) is 0. The van der Waals surface area contributed by atoms with Crippen molar-refractivity contribution in [3.05, 3.63) is 0 Å².